The number of H-pyrrole nitrogens is 1. The van der Waals surface area contributed by atoms with E-state index in [0.717, 1.165) is 19.3 Å². The Hall–Kier alpha value is -2.25. The molecular formula is C17H18Cl2N4O3. The number of nitrogens with zero attached hydrogens (tertiary/aromatic N) is 2. The van der Waals surface area contributed by atoms with Crippen LogP contribution in [0, 0.1) is 0 Å². The number of aromatic nitrogens is 2. The molecule has 0 spiro atoms. The van der Waals surface area contributed by atoms with Crippen molar-refractivity contribution >= 4 is 35.0 Å². The van der Waals surface area contributed by atoms with Crippen LogP contribution in [-0.2, 0) is 4.79 Å². The zero-order valence-electron chi connectivity index (χ0n) is 13.9. The summed E-state index contributed by atoms with van der Waals surface area (Å²) in [4.78, 5) is 25.7. The standard InChI is InChI=1S/C17H18Cl2N4O3/c18-10-4-5-15(11(19)7-10)26-9-16(24)23-6-2-1-3-14(23)12-8-13(17(20)25)22-21-12/h4-5,7-8,14H,1-3,6,9H2,(H2,20,25)(H,21,22)/t14-/m0/s1. The zero-order valence-corrected chi connectivity index (χ0v) is 15.4. The molecule has 1 aromatic heterocycles. The first-order chi connectivity index (χ1) is 12.5. The monoisotopic (exact) mass is 396 g/mol. The minimum atomic E-state index is -0.609. The van der Waals surface area contributed by atoms with Crippen LogP contribution in [0.2, 0.25) is 10.0 Å². The molecule has 1 aliphatic rings. The summed E-state index contributed by atoms with van der Waals surface area (Å²) >= 11 is 11.9. The second-order valence-electron chi connectivity index (χ2n) is 6.03. The summed E-state index contributed by atoms with van der Waals surface area (Å²) in [6.45, 7) is 0.459. The van der Waals surface area contributed by atoms with Crippen molar-refractivity contribution in [1.82, 2.24) is 15.1 Å². The SMILES string of the molecule is NC(=O)c1cc([C@@H]2CCCCN2C(=O)COc2ccc(Cl)cc2Cl)[nH]n1. The van der Waals surface area contributed by atoms with Crippen LogP contribution in [-0.4, -0.2) is 40.1 Å². The number of piperidine rings is 1. The van der Waals surface area contributed by atoms with Crippen LogP contribution < -0.4 is 10.5 Å². The number of carbonyl (C=O) groups is 2. The molecule has 3 N–H and O–H groups in total. The Morgan fingerprint density at radius 3 is 2.81 bits per heavy atom. The van der Waals surface area contributed by atoms with Gasteiger partial charge in [0.05, 0.1) is 16.8 Å². The van der Waals surface area contributed by atoms with Crippen molar-refractivity contribution in [3.63, 3.8) is 0 Å². The quantitative estimate of drug-likeness (QED) is 0.810. The molecule has 1 aliphatic heterocycles. The Kier molecular flexibility index (Phi) is 5.68. The van der Waals surface area contributed by atoms with Gasteiger partial charge in [-0.15, -0.1) is 0 Å². The molecule has 1 aromatic carbocycles. The molecule has 1 fully saturated rings. The second-order valence-corrected chi connectivity index (χ2v) is 6.88. The second kappa shape index (κ2) is 7.97. The van der Waals surface area contributed by atoms with Crippen LogP contribution in [0.15, 0.2) is 24.3 Å². The van der Waals surface area contributed by atoms with Gasteiger partial charge in [0, 0.05) is 11.6 Å². The number of likely N-dealkylation sites (tertiary alicyclic amines) is 1. The summed E-state index contributed by atoms with van der Waals surface area (Å²) in [7, 11) is 0. The Morgan fingerprint density at radius 2 is 2.12 bits per heavy atom. The third-order valence-electron chi connectivity index (χ3n) is 4.28. The Labute approximate surface area is 160 Å². The minimum Gasteiger partial charge on any atom is -0.482 e. The number of benzene rings is 1. The average molecular weight is 397 g/mol. The van der Waals surface area contributed by atoms with Crippen molar-refractivity contribution in [2.75, 3.05) is 13.2 Å². The number of primary amides is 1. The number of ether oxygens (including phenoxy) is 1. The van der Waals surface area contributed by atoms with Crippen molar-refractivity contribution in [2.24, 2.45) is 5.73 Å². The van der Waals surface area contributed by atoms with E-state index in [-0.39, 0.29) is 24.2 Å². The van der Waals surface area contributed by atoms with E-state index in [0.29, 0.717) is 28.0 Å². The van der Waals surface area contributed by atoms with Crippen LogP contribution in [0.5, 0.6) is 5.75 Å². The topological polar surface area (TPSA) is 101 Å². The molecule has 0 radical (unpaired) electrons. The van der Waals surface area contributed by atoms with Gasteiger partial charge in [-0.3, -0.25) is 14.7 Å². The van der Waals surface area contributed by atoms with Crippen LogP contribution in [0.4, 0.5) is 0 Å². The maximum atomic E-state index is 12.7. The van der Waals surface area contributed by atoms with Crippen molar-refractivity contribution < 1.29 is 14.3 Å². The lowest BCUT2D eigenvalue weighted by atomic mass is 9.99. The smallest absolute Gasteiger partial charge is 0.269 e. The number of hydrogen-bond acceptors (Lipinski definition) is 4. The van der Waals surface area contributed by atoms with Gasteiger partial charge in [-0.05, 0) is 43.5 Å². The molecule has 2 amide bonds. The Morgan fingerprint density at radius 1 is 1.31 bits per heavy atom. The molecule has 1 saturated heterocycles. The lowest BCUT2D eigenvalue weighted by Crippen LogP contribution is -2.41. The highest BCUT2D eigenvalue weighted by Gasteiger charge is 2.30. The number of hydrogen-bond donors (Lipinski definition) is 2. The maximum Gasteiger partial charge on any atom is 0.269 e. The van der Waals surface area contributed by atoms with Gasteiger partial charge in [-0.25, -0.2) is 0 Å². The van der Waals surface area contributed by atoms with Crippen LogP contribution in [0.1, 0.15) is 41.5 Å². The molecule has 3 rings (SSSR count). The van der Waals surface area contributed by atoms with Gasteiger partial charge < -0.3 is 15.4 Å². The predicted octanol–water partition coefficient (Wildman–Crippen LogP) is 2.95. The fourth-order valence-electron chi connectivity index (χ4n) is 3.00. The van der Waals surface area contributed by atoms with Gasteiger partial charge in [0.15, 0.2) is 6.61 Å². The van der Waals surface area contributed by atoms with E-state index < -0.39 is 5.91 Å². The third kappa shape index (κ3) is 4.11. The summed E-state index contributed by atoms with van der Waals surface area (Å²) in [6, 6.07) is 6.23. The highest BCUT2D eigenvalue weighted by molar-refractivity contribution is 6.35. The highest BCUT2D eigenvalue weighted by atomic mass is 35.5. The van der Waals surface area contributed by atoms with Gasteiger partial charge >= 0.3 is 0 Å². The van der Waals surface area contributed by atoms with Crippen LogP contribution >= 0.6 is 23.2 Å². The lowest BCUT2D eigenvalue weighted by molar-refractivity contribution is -0.137. The number of aromatic amines is 1. The van der Waals surface area contributed by atoms with E-state index in [1.54, 1.807) is 29.2 Å². The molecule has 0 bridgehead atoms. The third-order valence-corrected chi connectivity index (χ3v) is 4.81. The van der Waals surface area contributed by atoms with Gasteiger partial charge in [-0.2, -0.15) is 5.10 Å². The number of nitrogens with one attached hydrogen (secondary N) is 1. The van der Waals surface area contributed by atoms with Crippen molar-refractivity contribution in [3.8, 4) is 5.75 Å². The Bertz CT molecular complexity index is 824. The zero-order chi connectivity index (χ0) is 18.7. The molecule has 0 unspecified atom stereocenters. The minimum absolute atomic E-state index is 0.144. The van der Waals surface area contributed by atoms with Crippen molar-refractivity contribution in [1.29, 1.82) is 0 Å². The summed E-state index contributed by atoms with van der Waals surface area (Å²) < 4.78 is 5.55. The summed E-state index contributed by atoms with van der Waals surface area (Å²) in [5, 5.41) is 7.55. The molecule has 0 aliphatic carbocycles. The van der Waals surface area contributed by atoms with Gasteiger partial charge in [0.25, 0.3) is 11.8 Å². The van der Waals surface area contributed by atoms with Crippen molar-refractivity contribution in [3.05, 3.63) is 45.7 Å². The first-order valence-corrected chi connectivity index (χ1v) is 8.93. The number of carbonyl (C=O) groups excluding carboxylic acids is 2. The lowest BCUT2D eigenvalue weighted by Gasteiger charge is -2.35. The molecule has 1 atom stereocenters. The highest BCUT2D eigenvalue weighted by Crippen LogP contribution is 2.31. The number of halogens is 2. The van der Waals surface area contributed by atoms with Crippen molar-refractivity contribution in [2.45, 2.75) is 25.3 Å². The van der Waals surface area contributed by atoms with E-state index in [4.69, 9.17) is 33.7 Å². The molecule has 9 heteroatoms. The fourth-order valence-corrected chi connectivity index (χ4v) is 3.46. The maximum absolute atomic E-state index is 12.7. The van der Waals surface area contributed by atoms with Gasteiger partial charge in [0.2, 0.25) is 0 Å². The van der Waals surface area contributed by atoms with E-state index in [9.17, 15) is 9.59 Å². The normalized spacial score (nSPS) is 17.2. The summed E-state index contributed by atoms with van der Waals surface area (Å²) in [5.41, 5.74) is 6.09. The van der Waals surface area contributed by atoms with Crippen LogP contribution in [0.25, 0.3) is 0 Å². The Balaban J connectivity index is 1.70. The number of amides is 2. The number of rotatable bonds is 5. The van der Waals surface area contributed by atoms with E-state index in [1.807, 2.05) is 0 Å². The molecule has 138 valence electrons. The largest absolute Gasteiger partial charge is 0.482 e. The average Bonchev–Trinajstić information content (AvgIpc) is 3.11. The summed E-state index contributed by atoms with van der Waals surface area (Å²) in [6.07, 6.45) is 2.65. The predicted molar refractivity (Wildman–Crippen MR) is 97.4 cm³/mol. The molecule has 7 nitrogen and oxygen atoms in total. The van der Waals surface area contributed by atoms with Crippen LogP contribution in [0.3, 0.4) is 0 Å². The molecular weight excluding hydrogens is 379 g/mol. The fraction of sp³-hybridized carbons (Fsp3) is 0.353. The first-order valence-electron chi connectivity index (χ1n) is 8.18. The summed E-state index contributed by atoms with van der Waals surface area (Å²) in [5.74, 6) is -0.381. The molecule has 26 heavy (non-hydrogen) atoms. The first kappa shape index (κ1) is 18.5. The number of nitrogens with two attached hydrogens (primary N) is 1. The molecule has 0 saturated carbocycles. The van der Waals surface area contributed by atoms with E-state index >= 15 is 0 Å². The van der Waals surface area contributed by atoms with E-state index in [1.165, 1.54) is 0 Å². The van der Waals surface area contributed by atoms with Gasteiger partial charge in [-0.1, -0.05) is 23.2 Å². The molecule has 2 heterocycles. The van der Waals surface area contributed by atoms with Gasteiger partial charge in [0.1, 0.15) is 11.4 Å². The molecule has 2 aromatic rings. The van der Waals surface area contributed by atoms with E-state index in [2.05, 4.69) is 10.2 Å².